The molecule has 1 fully saturated rings. The highest BCUT2D eigenvalue weighted by molar-refractivity contribution is 5.98. The summed E-state index contributed by atoms with van der Waals surface area (Å²) in [6.07, 6.45) is 6.51. The van der Waals surface area contributed by atoms with Crippen LogP contribution in [0.1, 0.15) is 19.3 Å². The summed E-state index contributed by atoms with van der Waals surface area (Å²) in [7, 11) is 0. The van der Waals surface area contributed by atoms with Gasteiger partial charge in [-0.1, -0.05) is 6.07 Å². The van der Waals surface area contributed by atoms with E-state index in [1.807, 2.05) is 12.3 Å². The highest BCUT2D eigenvalue weighted by atomic mass is 15.2. The summed E-state index contributed by atoms with van der Waals surface area (Å²) in [5, 5.41) is 10.9. The zero-order valence-electron chi connectivity index (χ0n) is 10.7. The first kappa shape index (κ1) is 11.8. The van der Waals surface area contributed by atoms with Crippen molar-refractivity contribution < 1.29 is 0 Å². The van der Waals surface area contributed by atoms with Crippen LogP contribution >= 0.6 is 0 Å². The van der Waals surface area contributed by atoms with Crippen molar-refractivity contribution in [1.82, 2.24) is 4.98 Å². The molecule has 1 aromatic carbocycles. The zero-order chi connectivity index (χ0) is 13.2. The van der Waals surface area contributed by atoms with Gasteiger partial charge < -0.3 is 10.6 Å². The van der Waals surface area contributed by atoms with E-state index in [0.29, 0.717) is 12.5 Å². The Kier molecular flexibility index (Phi) is 2.96. The number of nitrogen functional groups attached to an aromatic ring is 1. The number of nitrogens with zero attached hydrogens (tertiary/aromatic N) is 3. The van der Waals surface area contributed by atoms with Crippen LogP contribution in [0.5, 0.6) is 0 Å². The Bertz CT molecular complexity index is 640. The fraction of sp³-hybridized carbons (Fsp3) is 0.333. The van der Waals surface area contributed by atoms with Gasteiger partial charge in [-0.2, -0.15) is 5.26 Å². The van der Waals surface area contributed by atoms with Crippen LogP contribution in [0.15, 0.2) is 30.6 Å². The lowest BCUT2D eigenvalue weighted by Gasteiger charge is -2.25. The third-order valence-corrected chi connectivity index (χ3v) is 3.60. The molecular weight excluding hydrogens is 236 g/mol. The average molecular weight is 252 g/mol. The van der Waals surface area contributed by atoms with Crippen LogP contribution in [-0.4, -0.2) is 17.6 Å². The zero-order valence-corrected chi connectivity index (χ0v) is 10.7. The smallest absolute Gasteiger partial charge is 0.0640 e. The van der Waals surface area contributed by atoms with Gasteiger partial charge in [0.2, 0.25) is 0 Å². The minimum atomic E-state index is 0.532. The second kappa shape index (κ2) is 4.77. The molecule has 19 heavy (non-hydrogen) atoms. The first-order valence-electron chi connectivity index (χ1n) is 6.57. The Hall–Kier alpha value is -2.28. The molecule has 1 aromatic heterocycles. The number of rotatable bonds is 4. The molecule has 3 rings (SSSR count). The fourth-order valence-electron chi connectivity index (χ4n) is 2.49. The molecule has 0 atom stereocenters. The molecule has 0 amide bonds. The van der Waals surface area contributed by atoms with Gasteiger partial charge in [0, 0.05) is 35.8 Å². The number of fused-ring (bicyclic) bond motifs is 1. The van der Waals surface area contributed by atoms with E-state index in [0.717, 1.165) is 28.7 Å². The normalized spacial score (nSPS) is 14.3. The molecule has 1 aliphatic rings. The lowest BCUT2D eigenvalue weighted by Crippen LogP contribution is -2.27. The van der Waals surface area contributed by atoms with Crippen LogP contribution in [0.4, 0.5) is 11.4 Å². The number of hydrogen-bond acceptors (Lipinski definition) is 4. The van der Waals surface area contributed by atoms with Crippen molar-refractivity contribution in [2.24, 2.45) is 0 Å². The molecule has 1 saturated carbocycles. The van der Waals surface area contributed by atoms with Crippen LogP contribution in [-0.2, 0) is 0 Å². The first-order chi connectivity index (χ1) is 9.31. The third-order valence-electron chi connectivity index (χ3n) is 3.60. The first-order valence-corrected chi connectivity index (χ1v) is 6.57. The maximum absolute atomic E-state index is 8.79. The minimum absolute atomic E-state index is 0.532. The standard InChI is InChI=1S/C15H16N4/c16-7-1-9-19(12-3-4-12)14-5-2-11-10-18-8-6-13(11)15(14)17/h2,5-6,8,10,12H,1,3-4,9,17H2. The van der Waals surface area contributed by atoms with Crippen LogP contribution in [0.3, 0.4) is 0 Å². The van der Waals surface area contributed by atoms with Crippen molar-refractivity contribution in [3.8, 4) is 6.07 Å². The summed E-state index contributed by atoms with van der Waals surface area (Å²) in [5.74, 6) is 0. The lowest BCUT2D eigenvalue weighted by atomic mass is 10.1. The van der Waals surface area contributed by atoms with Crippen molar-refractivity contribution in [3.05, 3.63) is 30.6 Å². The van der Waals surface area contributed by atoms with E-state index in [1.54, 1.807) is 6.20 Å². The highest BCUT2D eigenvalue weighted by Crippen LogP contribution is 2.37. The fourth-order valence-corrected chi connectivity index (χ4v) is 2.49. The maximum atomic E-state index is 8.79. The van der Waals surface area contributed by atoms with E-state index in [-0.39, 0.29) is 0 Å². The predicted octanol–water partition coefficient (Wildman–Crippen LogP) is 2.70. The quantitative estimate of drug-likeness (QED) is 0.850. The van der Waals surface area contributed by atoms with E-state index < -0.39 is 0 Å². The molecule has 4 heteroatoms. The Morgan fingerprint density at radius 2 is 2.21 bits per heavy atom. The molecule has 0 aliphatic heterocycles. The van der Waals surface area contributed by atoms with Gasteiger partial charge in [0.1, 0.15) is 0 Å². The number of nitrogens with two attached hydrogens (primary N) is 1. The summed E-state index contributed by atoms with van der Waals surface area (Å²) in [5.41, 5.74) is 8.15. The van der Waals surface area contributed by atoms with Gasteiger partial charge >= 0.3 is 0 Å². The van der Waals surface area contributed by atoms with Gasteiger partial charge in [0.15, 0.2) is 0 Å². The number of pyridine rings is 1. The number of aromatic nitrogens is 1. The second-order valence-corrected chi connectivity index (χ2v) is 4.93. The molecule has 2 N–H and O–H groups in total. The number of anilines is 2. The Labute approximate surface area is 112 Å². The molecule has 4 nitrogen and oxygen atoms in total. The Morgan fingerprint density at radius 3 is 2.95 bits per heavy atom. The van der Waals surface area contributed by atoms with Crippen molar-refractivity contribution in [3.63, 3.8) is 0 Å². The molecule has 0 saturated heterocycles. The van der Waals surface area contributed by atoms with Gasteiger partial charge in [0.05, 0.1) is 23.9 Å². The van der Waals surface area contributed by atoms with Crippen LogP contribution in [0.2, 0.25) is 0 Å². The third kappa shape index (κ3) is 2.19. The topological polar surface area (TPSA) is 65.9 Å². The summed E-state index contributed by atoms with van der Waals surface area (Å²) in [4.78, 5) is 6.39. The molecule has 0 radical (unpaired) electrons. The SMILES string of the molecule is N#CCCN(c1ccc2cnccc2c1N)C1CC1. The summed E-state index contributed by atoms with van der Waals surface area (Å²) in [6, 6.07) is 8.82. The second-order valence-electron chi connectivity index (χ2n) is 4.93. The van der Waals surface area contributed by atoms with Gasteiger partial charge in [-0.25, -0.2) is 0 Å². The maximum Gasteiger partial charge on any atom is 0.0640 e. The van der Waals surface area contributed by atoms with Gasteiger partial charge in [0.25, 0.3) is 0 Å². The van der Waals surface area contributed by atoms with Crippen molar-refractivity contribution in [2.45, 2.75) is 25.3 Å². The summed E-state index contributed by atoms with van der Waals surface area (Å²) >= 11 is 0. The van der Waals surface area contributed by atoms with Crippen molar-refractivity contribution in [1.29, 1.82) is 5.26 Å². The molecule has 1 heterocycles. The Morgan fingerprint density at radius 1 is 1.37 bits per heavy atom. The van der Waals surface area contributed by atoms with Gasteiger partial charge in [-0.05, 0) is 25.0 Å². The van der Waals surface area contributed by atoms with E-state index in [1.165, 1.54) is 12.8 Å². The van der Waals surface area contributed by atoms with Crippen LogP contribution in [0, 0.1) is 11.3 Å². The molecule has 2 aromatic rings. The molecule has 0 bridgehead atoms. The van der Waals surface area contributed by atoms with E-state index in [9.17, 15) is 0 Å². The molecule has 0 spiro atoms. The van der Waals surface area contributed by atoms with Gasteiger partial charge in [-0.15, -0.1) is 0 Å². The molecule has 1 aliphatic carbocycles. The predicted molar refractivity (Wildman–Crippen MR) is 76.8 cm³/mol. The summed E-state index contributed by atoms with van der Waals surface area (Å²) in [6.45, 7) is 0.752. The van der Waals surface area contributed by atoms with Crippen molar-refractivity contribution in [2.75, 3.05) is 17.2 Å². The van der Waals surface area contributed by atoms with E-state index in [2.05, 4.69) is 28.1 Å². The number of benzene rings is 1. The summed E-state index contributed by atoms with van der Waals surface area (Å²) < 4.78 is 0. The Balaban J connectivity index is 2.03. The largest absolute Gasteiger partial charge is 0.397 e. The molecular formula is C15H16N4. The monoisotopic (exact) mass is 252 g/mol. The van der Waals surface area contributed by atoms with E-state index in [4.69, 9.17) is 11.0 Å². The highest BCUT2D eigenvalue weighted by Gasteiger charge is 2.30. The van der Waals surface area contributed by atoms with Crippen LogP contribution < -0.4 is 10.6 Å². The minimum Gasteiger partial charge on any atom is -0.397 e. The van der Waals surface area contributed by atoms with Crippen LogP contribution in [0.25, 0.3) is 10.8 Å². The number of nitriles is 1. The molecule has 0 unspecified atom stereocenters. The lowest BCUT2D eigenvalue weighted by molar-refractivity contribution is 0.795. The van der Waals surface area contributed by atoms with Crippen molar-refractivity contribution >= 4 is 22.1 Å². The number of hydrogen-bond donors (Lipinski definition) is 1. The molecule has 96 valence electrons. The van der Waals surface area contributed by atoms with Gasteiger partial charge in [-0.3, -0.25) is 4.98 Å². The van der Waals surface area contributed by atoms with E-state index >= 15 is 0 Å². The average Bonchev–Trinajstić information content (AvgIpc) is 3.26.